The quantitative estimate of drug-likeness (QED) is 0.275. The van der Waals surface area contributed by atoms with E-state index in [1.165, 1.54) is 5.56 Å². The molecule has 2 rings (SSSR count). The van der Waals surface area contributed by atoms with Crippen molar-refractivity contribution in [3.63, 3.8) is 0 Å². The molecule has 0 heterocycles. The first-order valence-electron chi connectivity index (χ1n) is 12.2. The summed E-state index contributed by atoms with van der Waals surface area (Å²) in [4.78, 5) is 32.1. The molecule has 0 spiro atoms. The second-order valence-electron chi connectivity index (χ2n) is 8.42. The molecular weight excluding hydrogens is 434 g/mol. The zero-order valence-corrected chi connectivity index (χ0v) is 21.2. The molecule has 5 nitrogen and oxygen atoms in total. The van der Waals surface area contributed by atoms with Crippen LogP contribution in [0.1, 0.15) is 59.4 Å². The summed E-state index contributed by atoms with van der Waals surface area (Å²) in [6.07, 6.45) is 11.0. The van der Waals surface area contributed by atoms with Gasteiger partial charge in [-0.2, -0.15) is 0 Å². The van der Waals surface area contributed by atoms with Crippen molar-refractivity contribution in [2.24, 2.45) is 4.99 Å². The van der Waals surface area contributed by atoms with E-state index in [0.717, 1.165) is 24.8 Å². The number of hydrogen-bond donors (Lipinski definition) is 1. The van der Waals surface area contributed by atoms with Gasteiger partial charge < -0.3 is 10.2 Å². The van der Waals surface area contributed by atoms with Crippen LogP contribution < -0.4 is 5.32 Å². The van der Waals surface area contributed by atoms with E-state index >= 15 is 0 Å². The molecule has 1 unspecified atom stereocenters. The zero-order chi connectivity index (χ0) is 25.6. The van der Waals surface area contributed by atoms with Gasteiger partial charge in [0.05, 0.1) is 17.3 Å². The first-order chi connectivity index (χ1) is 16.9. The molecule has 2 aromatic carbocycles. The Balaban J connectivity index is 2.10. The van der Waals surface area contributed by atoms with Crippen LogP contribution in [0.5, 0.6) is 0 Å². The number of carbonyl (C=O) groups is 2. The van der Waals surface area contributed by atoms with Crippen molar-refractivity contribution in [2.45, 2.75) is 45.6 Å². The fourth-order valence-corrected chi connectivity index (χ4v) is 3.53. The molecule has 0 bridgehead atoms. The lowest BCUT2D eigenvalue weighted by atomic mass is 10.1. The number of carbonyl (C=O) groups excluding carboxylic acids is 2. The van der Waals surface area contributed by atoms with Gasteiger partial charge in [-0.15, -0.1) is 0 Å². The SMILES string of the molecule is C=CC=CC(=C)CNC(=O)c1ccccc1N=CC(CC)N(C)C(=O)c1ccc(CCCC)cc1. The number of hydrogen-bond acceptors (Lipinski definition) is 3. The number of rotatable bonds is 13. The van der Waals surface area contributed by atoms with Crippen molar-refractivity contribution in [3.8, 4) is 0 Å². The van der Waals surface area contributed by atoms with E-state index in [0.29, 0.717) is 29.8 Å². The van der Waals surface area contributed by atoms with E-state index in [1.54, 1.807) is 54.6 Å². The van der Waals surface area contributed by atoms with Gasteiger partial charge >= 0.3 is 0 Å². The Morgan fingerprint density at radius 3 is 2.49 bits per heavy atom. The van der Waals surface area contributed by atoms with E-state index in [2.05, 4.69) is 30.4 Å². The van der Waals surface area contributed by atoms with Crippen LogP contribution in [0.2, 0.25) is 0 Å². The second kappa shape index (κ2) is 14.5. The highest BCUT2D eigenvalue weighted by atomic mass is 16.2. The Labute approximate surface area is 210 Å². The van der Waals surface area contributed by atoms with Crippen molar-refractivity contribution in [1.29, 1.82) is 0 Å². The number of allylic oxidation sites excluding steroid dienone is 2. The average Bonchev–Trinajstić information content (AvgIpc) is 2.89. The summed E-state index contributed by atoms with van der Waals surface area (Å²) in [5.74, 6) is -0.283. The van der Waals surface area contributed by atoms with Crippen LogP contribution >= 0.6 is 0 Å². The molecule has 184 valence electrons. The monoisotopic (exact) mass is 471 g/mol. The number of para-hydroxylation sites is 1. The van der Waals surface area contributed by atoms with Crippen LogP contribution in [0.25, 0.3) is 0 Å². The summed E-state index contributed by atoms with van der Waals surface area (Å²) >= 11 is 0. The first kappa shape index (κ1) is 27.5. The third-order valence-electron chi connectivity index (χ3n) is 5.73. The fraction of sp³-hybridized carbons (Fsp3) is 0.300. The summed E-state index contributed by atoms with van der Waals surface area (Å²) < 4.78 is 0. The second-order valence-corrected chi connectivity index (χ2v) is 8.42. The molecule has 35 heavy (non-hydrogen) atoms. The van der Waals surface area contributed by atoms with Crippen molar-refractivity contribution < 1.29 is 9.59 Å². The molecule has 1 N–H and O–H groups in total. The zero-order valence-electron chi connectivity index (χ0n) is 21.2. The molecule has 0 aromatic heterocycles. The molecule has 0 aliphatic rings. The molecule has 0 saturated carbocycles. The van der Waals surface area contributed by atoms with E-state index < -0.39 is 0 Å². The lowest BCUT2D eigenvalue weighted by molar-refractivity contribution is 0.0770. The standard InChI is InChI=1S/C30H37N3O2/c1-6-9-13-23(4)21-32-29(34)27-15-11-12-16-28(27)31-22-26(8-3)33(5)30(35)25-19-17-24(18-20-25)14-10-7-2/h6,9,11-13,15-20,22,26H,1,4,7-8,10,14,21H2,2-3,5H3,(H,32,34). The van der Waals surface area contributed by atoms with Gasteiger partial charge in [0.2, 0.25) is 0 Å². The van der Waals surface area contributed by atoms with Gasteiger partial charge in [-0.25, -0.2) is 0 Å². The van der Waals surface area contributed by atoms with Crippen LogP contribution in [0.3, 0.4) is 0 Å². The highest BCUT2D eigenvalue weighted by Crippen LogP contribution is 2.19. The predicted octanol–water partition coefficient (Wildman–Crippen LogP) is 6.31. The number of nitrogens with one attached hydrogen (secondary N) is 1. The summed E-state index contributed by atoms with van der Waals surface area (Å²) in [5.41, 5.74) is 3.69. The summed E-state index contributed by atoms with van der Waals surface area (Å²) in [6, 6.07) is 14.8. The molecule has 1 atom stereocenters. The van der Waals surface area contributed by atoms with Gasteiger partial charge in [0.25, 0.3) is 11.8 Å². The minimum absolute atomic E-state index is 0.0533. The summed E-state index contributed by atoms with van der Waals surface area (Å²) in [5, 5.41) is 2.87. The van der Waals surface area contributed by atoms with E-state index in [1.807, 2.05) is 37.3 Å². The van der Waals surface area contributed by atoms with Gasteiger partial charge in [-0.05, 0) is 54.7 Å². The van der Waals surface area contributed by atoms with Crippen molar-refractivity contribution in [2.75, 3.05) is 13.6 Å². The van der Waals surface area contributed by atoms with Crippen LogP contribution in [0.15, 0.2) is 90.5 Å². The third-order valence-corrected chi connectivity index (χ3v) is 5.73. The molecule has 0 radical (unpaired) electrons. The van der Waals surface area contributed by atoms with Crippen molar-refractivity contribution in [3.05, 3.63) is 102 Å². The number of nitrogens with zero attached hydrogens (tertiary/aromatic N) is 2. The first-order valence-corrected chi connectivity index (χ1v) is 12.2. The lowest BCUT2D eigenvalue weighted by Crippen LogP contribution is -2.37. The lowest BCUT2D eigenvalue weighted by Gasteiger charge is -2.24. The van der Waals surface area contributed by atoms with Gasteiger partial charge in [-0.1, -0.05) is 75.9 Å². The third kappa shape index (κ3) is 8.53. The Morgan fingerprint density at radius 1 is 1.11 bits per heavy atom. The molecule has 2 amide bonds. The van der Waals surface area contributed by atoms with Gasteiger partial charge in [0, 0.05) is 25.4 Å². The normalized spacial score (nSPS) is 12.0. The molecule has 2 aromatic rings. The Hall–Kier alpha value is -3.73. The van der Waals surface area contributed by atoms with Gasteiger partial charge in [0.15, 0.2) is 0 Å². The van der Waals surface area contributed by atoms with Crippen LogP contribution in [-0.4, -0.2) is 42.6 Å². The topological polar surface area (TPSA) is 61.8 Å². The average molecular weight is 472 g/mol. The maximum absolute atomic E-state index is 13.1. The summed E-state index contributed by atoms with van der Waals surface area (Å²) in [6.45, 7) is 12.0. The Morgan fingerprint density at radius 2 is 1.83 bits per heavy atom. The van der Waals surface area contributed by atoms with Gasteiger partial charge in [-0.3, -0.25) is 14.6 Å². The minimum atomic E-state index is -0.230. The number of aryl methyl sites for hydroxylation is 1. The minimum Gasteiger partial charge on any atom is -0.348 e. The van der Waals surface area contributed by atoms with Crippen molar-refractivity contribution in [1.82, 2.24) is 10.2 Å². The number of amides is 2. The van der Waals surface area contributed by atoms with Crippen LogP contribution in [0.4, 0.5) is 5.69 Å². The molecule has 0 fully saturated rings. The van der Waals surface area contributed by atoms with E-state index in [9.17, 15) is 9.59 Å². The van der Waals surface area contributed by atoms with Gasteiger partial charge in [0.1, 0.15) is 0 Å². The number of unbranched alkanes of at least 4 members (excludes halogenated alkanes) is 1. The molecule has 0 aliphatic carbocycles. The van der Waals surface area contributed by atoms with Crippen molar-refractivity contribution >= 4 is 23.7 Å². The molecule has 0 aliphatic heterocycles. The Bertz CT molecular complexity index is 1070. The largest absolute Gasteiger partial charge is 0.348 e. The molecule has 0 saturated heterocycles. The highest BCUT2D eigenvalue weighted by molar-refractivity contribution is 6.00. The predicted molar refractivity (Wildman–Crippen MR) is 147 cm³/mol. The molecular formula is C30H37N3O2. The smallest absolute Gasteiger partial charge is 0.254 e. The highest BCUT2D eigenvalue weighted by Gasteiger charge is 2.19. The number of aliphatic imine (C=N–C) groups is 1. The number of benzene rings is 2. The Kier molecular flexibility index (Phi) is 11.4. The maximum Gasteiger partial charge on any atom is 0.254 e. The van der Waals surface area contributed by atoms with Crippen LogP contribution in [0, 0.1) is 0 Å². The molecule has 5 heteroatoms. The maximum atomic E-state index is 13.1. The van der Waals surface area contributed by atoms with E-state index in [-0.39, 0.29) is 17.9 Å². The van der Waals surface area contributed by atoms with E-state index in [4.69, 9.17) is 0 Å². The summed E-state index contributed by atoms with van der Waals surface area (Å²) in [7, 11) is 1.79. The fourth-order valence-electron chi connectivity index (χ4n) is 3.53. The van der Waals surface area contributed by atoms with Crippen LogP contribution in [-0.2, 0) is 6.42 Å².